The van der Waals surface area contributed by atoms with Gasteiger partial charge in [0, 0.05) is 36.5 Å². The van der Waals surface area contributed by atoms with E-state index in [2.05, 4.69) is 15.4 Å². The molecule has 2 aromatic heterocycles. The molecule has 0 spiro atoms. The average Bonchev–Trinajstić information content (AvgIpc) is 3.22. The van der Waals surface area contributed by atoms with E-state index in [0.717, 1.165) is 36.9 Å². The van der Waals surface area contributed by atoms with E-state index in [4.69, 9.17) is 0 Å². The molecule has 4 rings (SSSR count). The van der Waals surface area contributed by atoms with Crippen molar-refractivity contribution in [1.29, 1.82) is 0 Å². The third-order valence-electron chi connectivity index (χ3n) is 6.14. The lowest BCUT2D eigenvalue weighted by atomic mass is 9.91. The topological polar surface area (TPSA) is 76.9 Å². The molecule has 1 amide bonds. The van der Waals surface area contributed by atoms with Crippen LogP contribution in [0.2, 0.25) is 0 Å². The fourth-order valence-corrected chi connectivity index (χ4v) is 4.58. The highest BCUT2D eigenvalue weighted by atomic mass is 16.1. The van der Waals surface area contributed by atoms with Crippen molar-refractivity contribution in [3.63, 3.8) is 0 Å². The van der Waals surface area contributed by atoms with Gasteiger partial charge in [0.1, 0.15) is 0 Å². The molecule has 0 aliphatic heterocycles. The van der Waals surface area contributed by atoms with Crippen molar-refractivity contribution in [3.8, 4) is 11.3 Å². The lowest BCUT2D eigenvalue weighted by molar-refractivity contribution is -0.122. The number of pyridine rings is 1. The zero-order chi connectivity index (χ0) is 19.3. The van der Waals surface area contributed by atoms with Gasteiger partial charge in [-0.25, -0.2) is 4.68 Å². The van der Waals surface area contributed by atoms with Crippen LogP contribution in [0.5, 0.6) is 0 Å². The molecular weight excluding hydrogens is 352 g/mol. The molecule has 2 heterocycles. The van der Waals surface area contributed by atoms with Crippen LogP contribution in [0.25, 0.3) is 11.3 Å². The normalized spacial score (nSPS) is 22.9. The molecule has 2 aliphatic carbocycles. The molecular formula is C22H28N4O2. The van der Waals surface area contributed by atoms with Crippen molar-refractivity contribution in [3.05, 3.63) is 47.0 Å². The fraction of sp³-hybridized carbons (Fsp3) is 0.545. The fourth-order valence-electron chi connectivity index (χ4n) is 4.58. The Kier molecular flexibility index (Phi) is 5.84. The van der Waals surface area contributed by atoms with Gasteiger partial charge in [0.25, 0.3) is 5.56 Å². The molecule has 1 N–H and O–H groups in total. The lowest BCUT2D eigenvalue weighted by Gasteiger charge is -2.30. The summed E-state index contributed by atoms with van der Waals surface area (Å²) in [6.45, 7) is 0. The van der Waals surface area contributed by atoms with Crippen molar-refractivity contribution in [2.24, 2.45) is 5.92 Å². The maximum atomic E-state index is 12.4. The maximum absolute atomic E-state index is 12.4. The Bertz CT molecular complexity index is 850. The molecule has 0 aromatic carbocycles. The van der Waals surface area contributed by atoms with E-state index in [1.807, 2.05) is 12.1 Å². The van der Waals surface area contributed by atoms with E-state index in [9.17, 15) is 9.59 Å². The minimum absolute atomic E-state index is 0.0682. The molecule has 0 bridgehead atoms. The molecule has 2 aliphatic rings. The number of aromatic nitrogens is 3. The van der Waals surface area contributed by atoms with Gasteiger partial charge in [-0.2, -0.15) is 5.10 Å². The molecule has 2 aromatic rings. The van der Waals surface area contributed by atoms with Gasteiger partial charge in [-0.15, -0.1) is 0 Å². The van der Waals surface area contributed by atoms with Gasteiger partial charge in [-0.05, 0) is 62.6 Å². The van der Waals surface area contributed by atoms with Gasteiger partial charge in [0.15, 0.2) is 0 Å². The number of nitrogens with zero attached hydrogens (tertiary/aromatic N) is 3. The maximum Gasteiger partial charge on any atom is 0.267 e. The molecule has 28 heavy (non-hydrogen) atoms. The van der Waals surface area contributed by atoms with Crippen molar-refractivity contribution in [2.45, 2.75) is 69.9 Å². The van der Waals surface area contributed by atoms with Crippen LogP contribution in [0.4, 0.5) is 0 Å². The molecule has 6 nitrogen and oxygen atoms in total. The van der Waals surface area contributed by atoms with Gasteiger partial charge in [-0.3, -0.25) is 14.6 Å². The minimum Gasteiger partial charge on any atom is -0.353 e. The largest absolute Gasteiger partial charge is 0.353 e. The number of hydrogen-bond acceptors (Lipinski definition) is 4. The van der Waals surface area contributed by atoms with Gasteiger partial charge >= 0.3 is 0 Å². The summed E-state index contributed by atoms with van der Waals surface area (Å²) in [5, 5.41) is 7.81. The number of amides is 1. The zero-order valence-corrected chi connectivity index (χ0v) is 16.2. The Balaban J connectivity index is 1.36. The molecule has 0 saturated heterocycles. The summed E-state index contributed by atoms with van der Waals surface area (Å²) in [5.74, 6) is 0.776. The van der Waals surface area contributed by atoms with Gasteiger partial charge < -0.3 is 5.32 Å². The van der Waals surface area contributed by atoms with Crippen LogP contribution in [-0.4, -0.2) is 26.7 Å². The first kappa shape index (κ1) is 18.8. The number of rotatable bonds is 5. The zero-order valence-electron chi connectivity index (χ0n) is 16.2. The van der Waals surface area contributed by atoms with Gasteiger partial charge in [0.2, 0.25) is 5.91 Å². The van der Waals surface area contributed by atoms with Crippen LogP contribution in [0.3, 0.4) is 0 Å². The number of carbonyl (C=O) groups is 1. The molecule has 0 unspecified atom stereocenters. The Labute approximate surface area is 165 Å². The Morgan fingerprint density at radius 1 is 1.07 bits per heavy atom. The summed E-state index contributed by atoms with van der Waals surface area (Å²) in [6, 6.07) is 7.47. The number of nitrogens with one attached hydrogen (secondary N) is 1. The number of carbonyl (C=O) groups excluding carboxylic acids is 1. The second-order valence-electron chi connectivity index (χ2n) is 8.17. The first-order valence-corrected chi connectivity index (χ1v) is 10.5. The Morgan fingerprint density at radius 2 is 1.86 bits per heavy atom. The van der Waals surface area contributed by atoms with Crippen LogP contribution < -0.4 is 10.9 Å². The van der Waals surface area contributed by atoms with Gasteiger partial charge in [0.05, 0.1) is 11.7 Å². The predicted molar refractivity (Wildman–Crippen MR) is 108 cm³/mol. The van der Waals surface area contributed by atoms with E-state index in [1.54, 1.807) is 29.2 Å². The standard InChI is InChI=1S/C22H28N4O2/c27-21(14-16-4-1-2-5-16)24-18-7-9-19(10-8-18)26-22(28)12-11-20(25-26)17-6-3-13-23-15-17/h3,6,11-13,15-16,18-19H,1-2,4-5,7-10,14H2,(H,24,27). The third kappa shape index (κ3) is 4.49. The monoisotopic (exact) mass is 380 g/mol. The van der Waals surface area contributed by atoms with E-state index >= 15 is 0 Å². The highest BCUT2D eigenvalue weighted by molar-refractivity contribution is 5.76. The van der Waals surface area contributed by atoms with Crippen LogP contribution in [0.15, 0.2) is 41.5 Å². The molecule has 6 heteroatoms. The molecule has 2 saturated carbocycles. The third-order valence-corrected chi connectivity index (χ3v) is 6.14. The molecule has 148 valence electrons. The SMILES string of the molecule is O=C(CC1CCCC1)NC1CCC(n2nc(-c3cccnc3)ccc2=O)CC1. The molecule has 2 fully saturated rings. The first-order valence-electron chi connectivity index (χ1n) is 10.5. The van der Waals surface area contributed by atoms with Crippen LogP contribution in [-0.2, 0) is 4.79 Å². The average molecular weight is 380 g/mol. The summed E-state index contributed by atoms with van der Waals surface area (Å²) >= 11 is 0. The molecule has 0 atom stereocenters. The smallest absolute Gasteiger partial charge is 0.267 e. The van der Waals surface area contributed by atoms with E-state index in [-0.39, 0.29) is 23.6 Å². The lowest BCUT2D eigenvalue weighted by Crippen LogP contribution is -2.40. The van der Waals surface area contributed by atoms with Crippen LogP contribution in [0, 0.1) is 5.92 Å². The summed E-state index contributed by atoms with van der Waals surface area (Å²) < 4.78 is 1.62. The Morgan fingerprint density at radius 3 is 2.57 bits per heavy atom. The first-order chi connectivity index (χ1) is 13.7. The second kappa shape index (κ2) is 8.67. The summed E-state index contributed by atoms with van der Waals surface area (Å²) in [5.41, 5.74) is 1.60. The Hall–Kier alpha value is -2.50. The summed E-state index contributed by atoms with van der Waals surface area (Å²) in [4.78, 5) is 28.8. The highest BCUT2D eigenvalue weighted by Gasteiger charge is 2.26. The quantitative estimate of drug-likeness (QED) is 0.861. The summed E-state index contributed by atoms with van der Waals surface area (Å²) in [6.07, 6.45) is 12.6. The van der Waals surface area contributed by atoms with Crippen molar-refractivity contribution < 1.29 is 4.79 Å². The molecule has 0 radical (unpaired) electrons. The van der Waals surface area contributed by atoms with Crippen molar-refractivity contribution in [2.75, 3.05) is 0 Å². The van der Waals surface area contributed by atoms with E-state index < -0.39 is 0 Å². The van der Waals surface area contributed by atoms with Crippen LogP contribution >= 0.6 is 0 Å². The predicted octanol–water partition coefficient (Wildman–Crippen LogP) is 3.49. The second-order valence-corrected chi connectivity index (χ2v) is 8.17. The number of hydrogen-bond donors (Lipinski definition) is 1. The highest BCUT2D eigenvalue weighted by Crippen LogP contribution is 2.29. The van der Waals surface area contributed by atoms with Crippen LogP contribution in [0.1, 0.15) is 63.8 Å². The van der Waals surface area contributed by atoms with E-state index in [1.165, 1.54) is 25.7 Å². The van der Waals surface area contributed by atoms with E-state index in [0.29, 0.717) is 12.3 Å². The van der Waals surface area contributed by atoms with Crippen molar-refractivity contribution >= 4 is 5.91 Å². The minimum atomic E-state index is -0.0682. The summed E-state index contributed by atoms with van der Waals surface area (Å²) in [7, 11) is 0. The van der Waals surface area contributed by atoms with Crippen molar-refractivity contribution in [1.82, 2.24) is 20.1 Å². The van der Waals surface area contributed by atoms with Gasteiger partial charge in [-0.1, -0.05) is 12.8 Å².